The zero-order valence-corrected chi connectivity index (χ0v) is 13.7. The van der Waals surface area contributed by atoms with Crippen molar-refractivity contribution in [3.63, 3.8) is 0 Å². The zero-order chi connectivity index (χ0) is 18.3. The molecule has 1 aromatic rings. The van der Waals surface area contributed by atoms with Crippen LogP contribution in [0.3, 0.4) is 0 Å². The van der Waals surface area contributed by atoms with Crippen LogP contribution < -0.4 is 5.32 Å². The topological polar surface area (TPSA) is 91.1 Å². The number of halogens is 1. The summed E-state index contributed by atoms with van der Waals surface area (Å²) in [5, 5.41) is 19.8. The molecule has 1 unspecified atom stereocenters. The third kappa shape index (κ3) is 5.99. The van der Waals surface area contributed by atoms with Gasteiger partial charge in [-0.05, 0) is 24.1 Å². The summed E-state index contributed by atoms with van der Waals surface area (Å²) < 4.78 is 12.9. The first-order valence-electron chi connectivity index (χ1n) is 8.05. The van der Waals surface area contributed by atoms with Gasteiger partial charge in [0.05, 0.1) is 5.92 Å². The van der Waals surface area contributed by atoms with Crippen molar-refractivity contribution in [1.82, 2.24) is 5.32 Å². The molecule has 0 bridgehead atoms. The molecule has 1 aliphatic heterocycles. The van der Waals surface area contributed by atoms with Crippen LogP contribution in [-0.2, 0) is 16.0 Å². The predicted octanol–water partition coefficient (Wildman–Crippen LogP) is 2.54. The van der Waals surface area contributed by atoms with Crippen molar-refractivity contribution in [2.75, 3.05) is 6.54 Å². The number of rotatable bonds is 10. The molecule has 0 saturated carbocycles. The lowest BCUT2D eigenvalue weighted by Crippen LogP contribution is -2.34. The highest BCUT2D eigenvalue weighted by Crippen LogP contribution is 2.37. The Morgan fingerprint density at radius 2 is 1.96 bits per heavy atom. The first-order chi connectivity index (χ1) is 11.9. The van der Waals surface area contributed by atoms with Gasteiger partial charge in [0.1, 0.15) is 5.82 Å². The SMILES string of the molecule is C#CCCC1(CCC(=O)NCC(Cc2ccc(F)cc2)C(=O)O)N=N1. The van der Waals surface area contributed by atoms with E-state index in [9.17, 15) is 19.1 Å². The second-order valence-electron chi connectivity index (χ2n) is 6.06. The fourth-order valence-corrected chi connectivity index (χ4v) is 2.46. The Labute approximate surface area is 145 Å². The average Bonchev–Trinajstić information content (AvgIpc) is 3.36. The Bertz CT molecular complexity index is 689. The van der Waals surface area contributed by atoms with Gasteiger partial charge < -0.3 is 10.4 Å². The quantitative estimate of drug-likeness (QED) is 0.638. The van der Waals surface area contributed by atoms with E-state index in [1.807, 2.05) is 0 Å². The Balaban J connectivity index is 1.76. The Morgan fingerprint density at radius 3 is 2.52 bits per heavy atom. The van der Waals surface area contributed by atoms with Gasteiger partial charge in [0, 0.05) is 32.2 Å². The van der Waals surface area contributed by atoms with Crippen LogP contribution in [0.25, 0.3) is 0 Å². The molecule has 0 aliphatic carbocycles. The van der Waals surface area contributed by atoms with Gasteiger partial charge in [0.25, 0.3) is 0 Å². The van der Waals surface area contributed by atoms with Gasteiger partial charge in [-0.1, -0.05) is 12.1 Å². The fourth-order valence-electron chi connectivity index (χ4n) is 2.46. The van der Waals surface area contributed by atoms with Crippen molar-refractivity contribution in [2.24, 2.45) is 16.1 Å². The minimum Gasteiger partial charge on any atom is -0.481 e. The van der Waals surface area contributed by atoms with Crippen molar-refractivity contribution < 1.29 is 19.1 Å². The molecule has 0 aromatic heterocycles. The fraction of sp³-hybridized carbons (Fsp3) is 0.444. The van der Waals surface area contributed by atoms with E-state index in [1.54, 1.807) is 12.1 Å². The second-order valence-corrected chi connectivity index (χ2v) is 6.06. The molecule has 0 spiro atoms. The Kier molecular flexibility index (Phi) is 6.23. The number of hydrogen-bond acceptors (Lipinski definition) is 4. The molecule has 1 aliphatic rings. The van der Waals surface area contributed by atoms with Gasteiger partial charge in [-0.15, -0.1) is 12.3 Å². The Morgan fingerprint density at radius 1 is 1.28 bits per heavy atom. The monoisotopic (exact) mass is 345 g/mol. The van der Waals surface area contributed by atoms with E-state index in [1.165, 1.54) is 12.1 Å². The van der Waals surface area contributed by atoms with E-state index in [-0.39, 0.29) is 31.1 Å². The van der Waals surface area contributed by atoms with Crippen LogP contribution in [-0.4, -0.2) is 29.2 Å². The minimum atomic E-state index is -1.01. The van der Waals surface area contributed by atoms with Crippen molar-refractivity contribution in [2.45, 2.75) is 37.8 Å². The summed E-state index contributed by atoms with van der Waals surface area (Å²) in [5.74, 6) is 0.108. The number of terminal acetylenes is 1. The van der Waals surface area contributed by atoms with Crippen LogP contribution in [0.4, 0.5) is 4.39 Å². The van der Waals surface area contributed by atoms with Crippen LogP contribution in [0.5, 0.6) is 0 Å². The molecule has 2 rings (SSSR count). The number of nitrogens with zero attached hydrogens (tertiary/aromatic N) is 2. The number of carboxylic acid groups (broad SMARTS) is 1. The largest absolute Gasteiger partial charge is 0.481 e. The lowest BCUT2D eigenvalue weighted by molar-refractivity contribution is -0.141. The molecule has 0 radical (unpaired) electrons. The maximum Gasteiger partial charge on any atom is 0.308 e. The van der Waals surface area contributed by atoms with Gasteiger partial charge >= 0.3 is 5.97 Å². The van der Waals surface area contributed by atoms with Gasteiger partial charge in [-0.2, -0.15) is 10.2 Å². The van der Waals surface area contributed by atoms with E-state index >= 15 is 0 Å². The van der Waals surface area contributed by atoms with Crippen molar-refractivity contribution >= 4 is 11.9 Å². The van der Waals surface area contributed by atoms with Gasteiger partial charge in [-0.3, -0.25) is 9.59 Å². The zero-order valence-electron chi connectivity index (χ0n) is 13.7. The summed E-state index contributed by atoms with van der Waals surface area (Å²) >= 11 is 0. The van der Waals surface area contributed by atoms with E-state index in [0.29, 0.717) is 24.8 Å². The van der Waals surface area contributed by atoms with Gasteiger partial charge in [-0.25, -0.2) is 4.39 Å². The molecule has 1 aromatic carbocycles. The first-order valence-corrected chi connectivity index (χ1v) is 8.05. The van der Waals surface area contributed by atoms with Gasteiger partial charge in [0.2, 0.25) is 5.91 Å². The summed E-state index contributed by atoms with van der Waals surface area (Å²) in [4.78, 5) is 23.3. The molecule has 6 nitrogen and oxygen atoms in total. The van der Waals surface area contributed by atoms with Crippen LogP contribution in [0.1, 0.15) is 31.2 Å². The minimum absolute atomic E-state index is 0.0111. The first kappa shape index (κ1) is 18.6. The summed E-state index contributed by atoms with van der Waals surface area (Å²) in [6, 6.07) is 5.65. The number of carbonyl (C=O) groups is 2. The maximum atomic E-state index is 12.9. The maximum absolute atomic E-state index is 12.9. The highest BCUT2D eigenvalue weighted by atomic mass is 19.1. The molecule has 1 amide bonds. The van der Waals surface area contributed by atoms with Crippen molar-refractivity contribution in [3.8, 4) is 12.3 Å². The molecular weight excluding hydrogens is 325 g/mol. The van der Waals surface area contributed by atoms with E-state index in [4.69, 9.17) is 6.42 Å². The van der Waals surface area contributed by atoms with E-state index < -0.39 is 17.6 Å². The third-order valence-electron chi connectivity index (χ3n) is 4.10. The molecular formula is C18H20FN3O3. The van der Waals surface area contributed by atoms with Crippen molar-refractivity contribution in [3.05, 3.63) is 35.6 Å². The van der Waals surface area contributed by atoms with Crippen LogP contribution >= 0.6 is 0 Å². The molecule has 132 valence electrons. The number of amides is 1. The standard InChI is InChI=1S/C18H20FN3O3/c1-2-3-9-18(21-22-18)10-8-16(23)20-12-14(17(24)25)11-13-4-6-15(19)7-5-13/h1,4-7,14H,3,8-12H2,(H,20,23)(H,24,25). The van der Waals surface area contributed by atoms with Crippen molar-refractivity contribution in [1.29, 1.82) is 0 Å². The number of hydrogen-bond donors (Lipinski definition) is 2. The summed E-state index contributed by atoms with van der Waals surface area (Å²) in [6.07, 6.45) is 7.28. The Hall–Kier alpha value is -2.75. The normalized spacial score (nSPS) is 15.2. The van der Waals surface area contributed by atoms with Crippen LogP contribution in [0.2, 0.25) is 0 Å². The lowest BCUT2D eigenvalue weighted by atomic mass is 9.99. The highest BCUT2D eigenvalue weighted by molar-refractivity contribution is 5.77. The number of carbonyl (C=O) groups excluding carboxylic acids is 1. The molecule has 0 fully saturated rings. The predicted molar refractivity (Wildman–Crippen MR) is 89.1 cm³/mol. The number of aliphatic carboxylic acids is 1. The molecule has 7 heteroatoms. The highest BCUT2D eigenvalue weighted by Gasteiger charge is 2.39. The number of benzene rings is 1. The lowest BCUT2D eigenvalue weighted by Gasteiger charge is -2.14. The smallest absolute Gasteiger partial charge is 0.308 e. The van der Waals surface area contributed by atoms with Crippen LogP contribution in [0.15, 0.2) is 34.5 Å². The number of nitrogens with one attached hydrogen (secondary N) is 1. The molecule has 0 saturated heterocycles. The summed E-state index contributed by atoms with van der Waals surface area (Å²) in [5.41, 5.74) is 0.177. The van der Waals surface area contributed by atoms with E-state index in [2.05, 4.69) is 21.5 Å². The molecule has 2 N–H and O–H groups in total. The number of carboxylic acids is 1. The average molecular weight is 345 g/mol. The molecule has 25 heavy (non-hydrogen) atoms. The molecule has 1 heterocycles. The summed E-state index contributed by atoms with van der Waals surface area (Å²) in [6.45, 7) is 0.0111. The van der Waals surface area contributed by atoms with E-state index in [0.717, 1.165) is 0 Å². The second kappa shape index (κ2) is 8.38. The van der Waals surface area contributed by atoms with Crippen LogP contribution in [0, 0.1) is 24.1 Å². The third-order valence-corrected chi connectivity index (χ3v) is 4.10. The summed E-state index contributed by atoms with van der Waals surface area (Å²) in [7, 11) is 0. The van der Waals surface area contributed by atoms with Gasteiger partial charge in [0.15, 0.2) is 5.66 Å². The molecule has 1 atom stereocenters.